The van der Waals surface area contributed by atoms with Crippen molar-refractivity contribution in [3.8, 4) is 0 Å². The van der Waals surface area contributed by atoms with Crippen LogP contribution >= 0.6 is 0 Å². The Morgan fingerprint density at radius 1 is 0.472 bits per heavy atom. The number of nitrogens with zero attached hydrogens (tertiary/aromatic N) is 2. The fraction of sp³-hybridized carbons (Fsp3) is 0.857. The van der Waals surface area contributed by atoms with Gasteiger partial charge in [0.2, 0.25) is 0 Å². The number of nitrogens with one attached hydrogen (secondary N) is 6. The van der Waals surface area contributed by atoms with Crippen molar-refractivity contribution in [2.45, 2.75) is 32.1 Å². The van der Waals surface area contributed by atoms with Crippen LogP contribution in [0.3, 0.4) is 0 Å². The normalized spacial score (nSPS) is 26.1. The van der Waals surface area contributed by atoms with Crippen LogP contribution < -0.4 is 31.9 Å². The Morgan fingerprint density at radius 3 is 1.36 bits per heavy atom. The zero-order chi connectivity index (χ0) is 25.0. The van der Waals surface area contributed by atoms with Gasteiger partial charge in [-0.05, 0) is 84.5 Å². The molecule has 208 valence electrons. The van der Waals surface area contributed by atoms with Crippen LogP contribution in [0.5, 0.6) is 0 Å². The van der Waals surface area contributed by atoms with E-state index in [9.17, 15) is 0 Å². The van der Waals surface area contributed by atoms with E-state index in [-0.39, 0.29) is 5.41 Å². The van der Waals surface area contributed by atoms with Crippen LogP contribution in [0.1, 0.15) is 32.1 Å². The Bertz CT molecular complexity index is 532. The van der Waals surface area contributed by atoms with Gasteiger partial charge in [0.1, 0.15) is 0 Å². The maximum atomic E-state index is 3.69. The van der Waals surface area contributed by atoms with Crippen molar-refractivity contribution in [1.29, 1.82) is 0 Å². The first-order valence-electron chi connectivity index (χ1n) is 14.9. The van der Waals surface area contributed by atoms with Gasteiger partial charge in [0, 0.05) is 70.9 Å². The van der Waals surface area contributed by atoms with Crippen molar-refractivity contribution < 1.29 is 0 Å². The number of rotatable bonds is 4. The van der Waals surface area contributed by atoms with E-state index >= 15 is 0 Å². The summed E-state index contributed by atoms with van der Waals surface area (Å²) < 4.78 is 0. The van der Waals surface area contributed by atoms with E-state index in [2.05, 4.69) is 66.0 Å². The van der Waals surface area contributed by atoms with E-state index in [4.69, 9.17) is 0 Å². The van der Waals surface area contributed by atoms with Crippen molar-refractivity contribution in [1.82, 2.24) is 41.7 Å². The smallest absolute Gasteiger partial charge is 0.0174 e. The summed E-state index contributed by atoms with van der Waals surface area (Å²) in [7, 11) is 0. The summed E-state index contributed by atoms with van der Waals surface area (Å²) in [6, 6.07) is 0. The van der Waals surface area contributed by atoms with Gasteiger partial charge in [-0.25, -0.2) is 0 Å². The van der Waals surface area contributed by atoms with Gasteiger partial charge >= 0.3 is 0 Å². The third kappa shape index (κ3) is 13.1. The maximum absolute atomic E-state index is 3.69. The van der Waals surface area contributed by atoms with E-state index in [0.717, 1.165) is 111 Å². The Hall–Kier alpha value is -0.840. The van der Waals surface area contributed by atoms with Gasteiger partial charge in [0.25, 0.3) is 0 Å². The highest BCUT2D eigenvalue weighted by atomic mass is 15.2. The molecule has 8 heteroatoms. The lowest BCUT2D eigenvalue weighted by Gasteiger charge is -2.41. The minimum atomic E-state index is 0.195. The molecule has 0 radical (unpaired) electrons. The molecule has 1 aliphatic carbocycles. The topological polar surface area (TPSA) is 78.7 Å². The molecule has 0 atom stereocenters. The average molecular weight is 505 g/mol. The third-order valence-corrected chi connectivity index (χ3v) is 7.54. The van der Waals surface area contributed by atoms with Crippen LogP contribution in [0, 0.1) is 5.41 Å². The Labute approximate surface area is 221 Å². The molecule has 2 aliphatic heterocycles. The summed E-state index contributed by atoms with van der Waals surface area (Å²) in [6.45, 7) is 20.0. The largest absolute Gasteiger partial charge is 0.315 e. The van der Waals surface area contributed by atoms with E-state index in [0.29, 0.717) is 0 Å². The molecule has 0 saturated carbocycles. The summed E-state index contributed by atoms with van der Waals surface area (Å²) in [5.74, 6) is 0. The summed E-state index contributed by atoms with van der Waals surface area (Å²) in [5, 5.41) is 21.7. The first kappa shape index (κ1) is 29.7. The molecule has 2 saturated heterocycles. The monoisotopic (exact) mass is 504 g/mol. The van der Waals surface area contributed by atoms with Crippen molar-refractivity contribution in [2.75, 3.05) is 118 Å². The van der Waals surface area contributed by atoms with Crippen LogP contribution in [0.15, 0.2) is 24.3 Å². The molecule has 0 aromatic carbocycles. The minimum Gasteiger partial charge on any atom is -0.315 e. The van der Waals surface area contributed by atoms with Crippen LogP contribution in [-0.4, -0.2) is 128 Å². The zero-order valence-electron chi connectivity index (χ0n) is 23.0. The molecular weight excluding hydrogens is 448 g/mol. The van der Waals surface area contributed by atoms with Crippen molar-refractivity contribution in [3.05, 3.63) is 24.3 Å². The summed E-state index contributed by atoms with van der Waals surface area (Å²) in [6.07, 6.45) is 15.4. The van der Waals surface area contributed by atoms with Crippen LogP contribution in [0.4, 0.5) is 0 Å². The van der Waals surface area contributed by atoms with Gasteiger partial charge in [-0.3, -0.25) is 0 Å². The predicted molar refractivity (Wildman–Crippen MR) is 154 cm³/mol. The lowest BCUT2D eigenvalue weighted by atomic mass is 9.80. The number of hydrogen-bond acceptors (Lipinski definition) is 8. The number of allylic oxidation sites excluding steroid dienone is 3. The predicted octanol–water partition coefficient (Wildman–Crippen LogP) is 0.218. The Kier molecular flexibility index (Phi) is 15.9. The second-order valence-electron chi connectivity index (χ2n) is 10.8. The summed E-state index contributed by atoms with van der Waals surface area (Å²) in [4.78, 5) is 5.47. The second kappa shape index (κ2) is 19.3. The first-order valence-corrected chi connectivity index (χ1v) is 14.9. The molecule has 36 heavy (non-hydrogen) atoms. The van der Waals surface area contributed by atoms with E-state index in [1.165, 1.54) is 38.8 Å². The standard InChI is InChI=1S/C28H56N8/c1-2-8-28(9-3-1,26-35-22-6-14-31-18-16-29-10-4-12-33-20-24-35)27-36-23-7-15-32-19-17-30-11-5-13-34-21-25-36/h1-3,8,29-34H,4-7,9-27H2. The molecule has 8 nitrogen and oxygen atoms in total. The van der Waals surface area contributed by atoms with Crippen molar-refractivity contribution >= 4 is 0 Å². The highest BCUT2D eigenvalue weighted by Gasteiger charge is 2.31. The van der Waals surface area contributed by atoms with Crippen LogP contribution in [0.25, 0.3) is 0 Å². The Morgan fingerprint density at radius 2 is 0.917 bits per heavy atom. The maximum Gasteiger partial charge on any atom is 0.0174 e. The lowest BCUT2D eigenvalue weighted by molar-refractivity contribution is 0.126. The molecule has 3 rings (SSSR count). The molecule has 3 aliphatic rings. The molecule has 0 aromatic heterocycles. The van der Waals surface area contributed by atoms with Gasteiger partial charge in [-0.2, -0.15) is 0 Å². The van der Waals surface area contributed by atoms with Crippen molar-refractivity contribution in [2.24, 2.45) is 5.41 Å². The van der Waals surface area contributed by atoms with E-state index in [1.807, 2.05) is 0 Å². The highest BCUT2D eigenvalue weighted by Crippen LogP contribution is 2.30. The van der Waals surface area contributed by atoms with Gasteiger partial charge in [-0.1, -0.05) is 24.3 Å². The fourth-order valence-corrected chi connectivity index (χ4v) is 5.53. The van der Waals surface area contributed by atoms with Crippen LogP contribution in [-0.2, 0) is 0 Å². The Balaban J connectivity index is 1.58. The molecule has 0 aromatic rings. The minimum absolute atomic E-state index is 0.195. The fourth-order valence-electron chi connectivity index (χ4n) is 5.53. The van der Waals surface area contributed by atoms with Crippen LogP contribution in [0.2, 0.25) is 0 Å². The zero-order valence-corrected chi connectivity index (χ0v) is 23.0. The first-order chi connectivity index (χ1) is 17.9. The quantitative estimate of drug-likeness (QED) is 0.325. The summed E-state index contributed by atoms with van der Waals surface area (Å²) >= 11 is 0. The highest BCUT2D eigenvalue weighted by molar-refractivity contribution is 5.18. The van der Waals surface area contributed by atoms with E-state index in [1.54, 1.807) is 0 Å². The molecule has 0 spiro atoms. The molecule has 2 heterocycles. The molecule has 2 fully saturated rings. The third-order valence-electron chi connectivity index (χ3n) is 7.54. The average Bonchev–Trinajstić information content (AvgIpc) is 2.89. The molecule has 0 amide bonds. The molecule has 0 unspecified atom stereocenters. The van der Waals surface area contributed by atoms with Gasteiger partial charge in [0.15, 0.2) is 0 Å². The molecule has 6 N–H and O–H groups in total. The van der Waals surface area contributed by atoms with E-state index < -0.39 is 0 Å². The van der Waals surface area contributed by atoms with Gasteiger partial charge < -0.3 is 41.7 Å². The van der Waals surface area contributed by atoms with Crippen molar-refractivity contribution in [3.63, 3.8) is 0 Å². The molecule has 0 bridgehead atoms. The second-order valence-corrected chi connectivity index (χ2v) is 10.8. The SMILES string of the molecule is C1=CCC(CN2CCCNCCNCCCNCC2)(CN2CCCNCCNCCCNCC2)C=C1. The molecular formula is C28H56N8. The van der Waals surface area contributed by atoms with Gasteiger partial charge in [0.05, 0.1) is 0 Å². The number of hydrogen-bond donors (Lipinski definition) is 6. The van der Waals surface area contributed by atoms with Gasteiger partial charge in [-0.15, -0.1) is 0 Å². The lowest BCUT2D eigenvalue weighted by Crippen LogP contribution is -2.48. The summed E-state index contributed by atoms with van der Waals surface area (Å²) in [5.41, 5.74) is 0.195.